The predicted molar refractivity (Wildman–Crippen MR) is 108 cm³/mol. The van der Waals surface area contributed by atoms with E-state index in [0.717, 1.165) is 36.8 Å². The van der Waals surface area contributed by atoms with Crippen molar-refractivity contribution in [3.05, 3.63) is 29.3 Å². The molecule has 2 atom stereocenters. The topological polar surface area (TPSA) is 127 Å². The highest BCUT2D eigenvalue weighted by Crippen LogP contribution is 2.34. The zero-order chi connectivity index (χ0) is 21.1. The summed E-state index contributed by atoms with van der Waals surface area (Å²) >= 11 is 0. The van der Waals surface area contributed by atoms with Gasteiger partial charge in [0.25, 0.3) is 0 Å². The highest BCUT2D eigenvalue weighted by molar-refractivity contribution is 5.97. The van der Waals surface area contributed by atoms with Gasteiger partial charge >= 0.3 is 5.97 Å². The molecule has 0 aromatic heterocycles. The Kier molecular flexibility index (Phi) is 6.45. The number of hydrogen-bond donors (Lipinski definition) is 4. The van der Waals surface area contributed by atoms with Crippen molar-refractivity contribution in [3.8, 4) is 5.75 Å². The molecule has 1 aromatic carbocycles. The van der Waals surface area contributed by atoms with Crippen molar-refractivity contribution < 1.29 is 24.2 Å². The van der Waals surface area contributed by atoms with Gasteiger partial charge in [-0.15, -0.1) is 0 Å². The molecule has 29 heavy (non-hydrogen) atoms. The highest BCUT2D eigenvalue weighted by atomic mass is 16.7. The van der Waals surface area contributed by atoms with Crippen LogP contribution >= 0.6 is 0 Å². The number of fused-ring (bicyclic) bond motifs is 1. The first kappa shape index (κ1) is 21.5. The zero-order valence-electron chi connectivity index (χ0n) is 17.1. The number of amidine groups is 1. The van der Waals surface area contributed by atoms with Crippen LogP contribution in [-0.4, -0.2) is 47.9 Å². The third-order valence-electron chi connectivity index (χ3n) is 6.20. The first-order chi connectivity index (χ1) is 13.8. The molecule has 8 nitrogen and oxygen atoms in total. The molecule has 0 spiro atoms. The number of benzene rings is 1. The molecule has 0 saturated heterocycles. The summed E-state index contributed by atoms with van der Waals surface area (Å²) in [5.41, 5.74) is -0.0796. The Morgan fingerprint density at radius 1 is 1.41 bits per heavy atom. The number of aliphatic carboxylic acids is 1. The molecule has 0 amide bonds. The Morgan fingerprint density at radius 2 is 2.14 bits per heavy atom. The van der Waals surface area contributed by atoms with Crippen LogP contribution in [-0.2, 0) is 20.8 Å². The van der Waals surface area contributed by atoms with Gasteiger partial charge in [0, 0.05) is 12.7 Å². The normalized spacial score (nSPS) is 22.7. The minimum absolute atomic E-state index is 0.191. The van der Waals surface area contributed by atoms with E-state index in [1.54, 1.807) is 13.2 Å². The van der Waals surface area contributed by atoms with Crippen LogP contribution in [0.4, 0.5) is 0 Å². The van der Waals surface area contributed by atoms with Crippen molar-refractivity contribution in [2.45, 2.75) is 69.1 Å². The van der Waals surface area contributed by atoms with Gasteiger partial charge in [-0.2, -0.15) is 0 Å². The number of ether oxygens (including phenoxy) is 2. The predicted octanol–water partition coefficient (Wildman–Crippen LogP) is 2.38. The summed E-state index contributed by atoms with van der Waals surface area (Å²) in [7, 11) is 1.70. The second-order valence-corrected chi connectivity index (χ2v) is 8.27. The Hall–Kier alpha value is -2.16. The molecule has 3 rings (SSSR count). The van der Waals surface area contributed by atoms with Crippen LogP contribution in [0.15, 0.2) is 18.2 Å². The molecule has 160 valence electrons. The second kappa shape index (κ2) is 8.69. The van der Waals surface area contributed by atoms with Gasteiger partial charge in [-0.05, 0) is 56.4 Å². The van der Waals surface area contributed by atoms with Gasteiger partial charge in [-0.3, -0.25) is 10.2 Å². The number of hydrogen-bond acceptors (Lipinski definition) is 6. The van der Waals surface area contributed by atoms with E-state index < -0.39 is 17.7 Å². The molecule has 8 heteroatoms. The average Bonchev–Trinajstić information content (AvgIpc) is 2.73. The van der Waals surface area contributed by atoms with Crippen LogP contribution in [0.5, 0.6) is 5.75 Å². The number of aryl methyl sites for hydroxylation is 1. The molecule has 1 aliphatic carbocycles. The monoisotopic (exact) mass is 405 g/mol. The maximum absolute atomic E-state index is 11.5. The number of nitrogens with one attached hydrogen (secondary N) is 2. The number of rotatable bonds is 7. The first-order valence-electron chi connectivity index (χ1n) is 10.1. The molecular formula is C21H31N3O5. The van der Waals surface area contributed by atoms with Gasteiger partial charge in [-0.1, -0.05) is 19.3 Å². The zero-order valence-corrected chi connectivity index (χ0v) is 17.1. The molecule has 1 aliphatic heterocycles. The van der Waals surface area contributed by atoms with Crippen LogP contribution < -0.4 is 16.0 Å². The molecule has 1 aromatic rings. The summed E-state index contributed by atoms with van der Waals surface area (Å²) < 4.78 is 11.3. The Bertz CT molecular complexity index is 757. The van der Waals surface area contributed by atoms with Crippen LogP contribution in [0.3, 0.4) is 0 Å². The summed E-state index contributed by atoms with van der Waals surface area (Å²) in [6.07, 6.45) is 5.87. The molecule has 1 fully saturated rings. The molecule has 1 heterocycles. The van der Waals surface area contributed by atoms with Gasteiger partial charge in [-0.25, -0.2) is 10.7 Å². The SMILES string of the molecule is COCC1(NC(=N)c2ccc3c(c2)CC[C@H]([C@](C)(ON)C(=O)O)O3)CCCCC1. The number of carbonyl (C=O) groups is 1. The standard InChI is InChI=1S/C21H31N3O5/c1-20(29-23,19(25)26)17-9-7-14-12-15(6-8-16(14)28-17)18(22)24-21(13-27-2)10-4-3-5-11-21/h6,8,12,17H,3-5,7,9-11,13,23H2,1-2H3,(H2,22,24)(H,25,26)/t17-,20+/m1/s1. The molecule has 0 bridgehead atoms. The van der Waals surface area contributed by atoms with Crippen molar-refractivity contribution in [2.24, 2.45) is 5.90 Å². The van der Waals surface area contributed by atoms with E-state index in [0.29, 0.717) is 31.0 Å². The third kappa shape index (κ3) is 4.39. The maximum atomic E-state index is 11.5. The number of methoxy groups -OCH3 is 1. The summed E-state index contributed by atoms with van der Waals surface area (Å²) in [5, 5.41) is 21.4. The van der Waals surface area contributed by atoms with E-state index >= 15 is 0 Å². The second-order valence-electron chi connectivity index (χ2n) is 8.27. The van der Waals surface area contributed by atoms with Gasteiger partial charge in [0.1, 0.15) is 17.7 Å². The summed E-state index contributed by atoms with van der Waals surface area (Å²) in [6, 6.07) is 5.54. The average molecular weight is 405 g/mol. The lowest BCUT2D eigenvalue weighted by Gasteiger charge is -2.38. The van der Waals surface area contributed by atoms with E-state index in [9.17, 15) is 9.90 Å². The quantitative estimate of drug-likeness (QED) is 0.312. The number of nitrogens with two attached hydrogens (primary N) is 1. The lowest BCUT2D eigenvalue weighted by atomic mass is 9.82. The fraction of sp³-hybridized carbons (Fsp3) is 0.619. The molecule has 5 N–H and O–H groups in total. The smallest absolute Gasteiger partial charge is 0.341 e. The van der Waals surface area contributed by atoms with E-state index in [4.69, 9.17) is 25.6 Å². The van der Waals surface area contributed by atoms with Gasteiger partial charge in [0.05, 0.1) is 12.1 Å². The van der Waals surface area contributed by atoms with E-state index in [1.165, 1.54) is 13.3 Å². The molecule has 0 unspecified atom stereocenters. The summed E-state index contributed by atoms with van der Waals surface area (Å²) in [4.78, 5) is 16.3. The lowest BCUT2D eigenvalue weighted by molar-refractivity contribution is -0.179. The van der Waals surface area contributed by atoms with E-state index in [-0.39, 0.29) is 5.54 Å². The van der Waals surface area contributed by atoms with Crippen LogP contribution in [0, 0.1) is 5.41 Å². The van der Waals surface area contributed by atoms with Gasteiger partial charge < -0.3 is 19.9 Å². The fourth-order valence-corrected chi connectivity index (χ4v) is 4.34. The van der Waals surface area contributed by atoms with Crippen molar-refractivity contribution in [1.82, 2.24) is 5.32 Å². The van der Waals surface area contributed by atoms with Crippen LogP contribution in [0.1, 0.15) is 56.6 Å². The first-order valence-corrected chi connectivity index (χ1v) is 10.1. The van der Waals surface area contributed by atoms with Crippen molar-refractivity contribution >= 4 is 11.8 Å². The van der Waals surface area contributed by atoms with E-state index in [2.05, 4.69) is 5.32 Å². The highest BCUT2D eigenvalue weighted by Gasteiger charge is 2.46. The van der Waals surface area contributed by atoms with Crippen molar-refractivity contribution in [3.63, 3.8) is 0 Å². The summed E-state index contributed by atoms with van der Waals surface area (Å²) in [6.45, 7) is 2.00. The summed E-state index contributed by atoms with van der Waals surface area (Å²) in [5.74, 6) is 5.05. The minimum atomic E-state index is -1.61. The van der Waals surface area contributed by atoms with Gasteiger partial charge in [0.2, 0.25) is 5.60 Å². The Balaban J connectivity index is 1.74. The van der Waals surface area contributed by atoms with Gasteiger partial charge in [0.15, 0.2) is 0 Å². The largest absolute Gasteiger partial charge is 0.486 e. The molecule has 2 aliphatic rings. The molecule has 1 saturated carbocycles. The lowest BCUT2D eigenvalue weighted by Crippen LogP contribution is -2.54. The molecular weight excluding hydrogens is 374 g/mol. The molecule has 0 radical (unpaired) electrons. The van der Waals surface area contributed by atoms with Crippen molar-refractivity contribution in [2.75, 3.05) is 13.7 Å². The minimum Gasteiger partial charge on any atom is -0.486 e. The van der Waals surface area contributed by atoms with E-state index in [1.807, 2.05) is 12.1 Å². The maximum Gasteiger partial charge on any atom is 0.341 e. The van der Waals surface area contributed by atoms with Crippen LogP contribution in [0.25, 0.3) is 0 Å². The number of carboxylic acids is 1. The Morgan fingerprint density at radius 3 is 2.76 bits per heavy atom. The fourth-order valence-electron chi connectivity index (χ4n) is 4.34. The third-order valence-corrected chi connectivity index (χ3v) is 6.20. The number of carboxylic acid groups (broad SMARTS) is 1. The van der Waals surface area contributed by atoms with Crippen molar-refractivity contribution in [1.29, 1.82) is 5.41 Å². The van der Waals surface area contributed by atoms with Crippen LogP contribution in [0.2, 0.25) is 0 Å². The Labute approximate surface area is 171 Å².